The Labute approximate surface area is 97.1 Å². The Kier molecular flexibility index (Phi) is 4.80. The number of hydrogen-bond donors (Lipinski definition) is 7. The van der Waals surface area contributed by atoms with Crippen LogP contribution in [-0.4, -0.2) is 79.7 Å². The molecule has 0 aromatic rings. The van der Waals surface area contributed by atoms with E-state index in [0.717, 1.165) is 0 Å². The fourth-order valence-corrected chi connectivity index (χ4v) is 1.85. The van der Waals surface area contributed by atoms with Gasteiger partial charge in [-0.3, -0.25) is 10.1 Å². The van der Waals surface area contributed by atoms with Crippen LogP contribution < -0.4 is 5.32 Å². The van der Waals surface area contributed by atoms with Gasteiger partial charge in [-0.1, -0.05) is 0 Å². The summed E-state index contributed by atoms with van der Waals surface area (Å²) in [6.45, 7) is -0.747. The molecule has 17 heavy (non-hydrogen) atoms. The average Bonchev–Trinajstić information content (AvgIpc) is 2.68. The van der Waals surface area contributed by atoms with E-state index in [-0.39, 0.29) is 6.42 Å². The highest BCUT2D eigenvalue weighted by molar-refractivity contribution is 5.74. The third kappa shape index (κ3) is 3.12. The van der Waals surface area contributed by atoms with Crippen LogP contribution in [0.1, 0.15) is 6.42 Å². The number of aliphatic hydroxyl groups excluding tert-OH is 5. The van der Waals surface area contributed by atoms with Crippen molar-refractivity contribution < 1.29 is 35.4 Å². The largest absolute Gasteiger partial charge is 0.480 e. The van der Waals surface area contributed by atoms with Gasteiger partial charge in [-0.05, 0) is 0 Å². The number of hydrogen-bond acceptors (Lipinski definition) is 7. The van der Waals surface area contributed by atoms with Gasteiger partial charge in [0.15, 0.2) is 0 Å². The van der Waals surface area contributed by atoms with Crippen LogP contribution >= 0.6 is 0 Å². The summed E-state index contributed by atoms with van der Waals surface area (Å²) in [6.07, 6.45) is -6.04. The molecule has 1 rings (SSSR count). The molecule has 0 spiro atoms. The maximum atomic E-state index is 10.7. The Morgan fingerprint density at radius 2 is 1.94 bits per heavy atom. The molecule has 0 bridgehead atoms. The van der Waals surface area contributed by atoms with Crippen molar-refractivity contribution in [3.8, 4) is 0 Å². The molecule has 8 heteroatoms. The predicted molar refractivity (Wildman–Crippen MR) is 54.1 cm³/mol. The predicted octanol–water partition coefficient (Wildman–Crippen LogP) is -3.76. The van der Waals surface area contributed by atoms with Crippen molar-refractivity contribution in [2.75, 3.05) is 6.61 Å². The van der Waals surface area contributed by atoms with Crippen molar-refractivity contribution in [1.82, 2.24) is 5.32 Å². The van der Waals surface area contributed by atoms with E-state index in [1.807, 2.05) is 0 Å². The van der Waals surface area contributed by atoms with Crippen molar-refractivity contribution in [2.24, 2.45) is 0 Å². The molecular formula is C9H17NO7. The monoisotopic (exact) mass is 251 g/mol. The lowest BCUT2D eigenvalue weighted by Gasteiger charge is -2.28. The number of aliphatic carboxylic acids is 1. The Bertz CT molecular complexity index is 274. The molecule has 1 fully saturated rings. The van der Waals surface area contributed by atoms with Crippen LogP contribution in [0.15, 0.2) is 0 Å². The summed E-state index contributed by atoms with van der Waals surface area (Å²) in [6, 6.07) is -2.07. The number of rotatable bonds is 5. The zero-order valence-corrected chi connectivity index (χ0v) is 8.97. The topological polar surface area (TPSA) is 150 Å². The van der Waals surface area contributed by atoms with Gasteiger partial charge in [0, 0.05) is 6.42 Å². The van der Waals surface area contributed by atoms with Gasteiger partial charge in [-0.25, -0.2) is 0 Å². The van der Waals surface area contributed by atoms with Gasteiger partial charge in [-0.2, -0.15) is 0 Å². The number of nitrogens with one attached hydrogen (secondary N) is 1. The smallest absolute Gasteiger partial charge is 0.320 e. The highest BCUT2D eigenvalue weighted by atomic mass is 16.4. The van der Waals surface area contributed by atoms with Gasteiger partial charge in [-0.15, -0.1) is 0 Å². The molecule has 0 radical (unpaired) electrons. The van der Waals surface area contributed by atoms with E-state index in [0.29, 0.717) is 0 Å². The van der Waals surface area contributed by atoms with Crippen LogP contribution in [0.5, 0.6) is 0 Å². The van der Waals surface area contributed by atoms with Crippen molar-refractivity contribution in [3.63, 3.8) is 0 Å². The van der Waals surface area contributed by atoms with E-state index in [1.54, 1.807) is 0 Å². The quantitative estimate of drug-likeness (QED) is 0.263. The first kappa shape index (κ1) is 14.3. The molecule has 0 aromatic heterocycles. The summed E-state index contributed by atoms with van der Waals surface area (Å²) in [4.78, 5) is 10.7. The molecule has 1 aliphatic rings. The van der Waals surface area contributed by atoms with Gasteiger partial charge >= 0.3 is 5.97 Å². The molecule has 0 aromatic carbocycles. The maximum absolute atomic E-state index is 10.7. The van der Waals surface area contributed by atoms with E-state index in [2.05, 4.69) is 5.32 Å². The molecule has 0 unspecified atom stereocenters. The lowest BCUT2D eigenvalue weighted by atomic mass is 9.98. The highest BCUT2D eigenvalue weighted by Crippen LogP contribution is 2.19. The molecule has 1 heterocycles. The fourth-order valence-electron chi connectivity index (χ4n) is 1.85. The molecule has 0 aliphatic carbocycles. The molecule has 0 saturated carbocycles. The number of carbonyl (C=O) groups is 1. The standard InChI is InChI=1S/C9H17NO7/c11-2-5(13)7(14)8(15)6-4(12)1-3(10-6)9(16)17/h3-8,10-15H,1-2H2,(H,16,17)/t3-,4-,5+,6+,7+,8+/m0/s1. The van der Waals surface area contributed by atoms with Crippen molar-refractivity contribution >= 4 is 5.97 Å². The summed E-state index contributed by atoms with van der Waals surface area (Å²) in [7, 11) is 0. The second kappa shape index (κ2) is 5.71. The SMILES string of the molecule is O=C(O)[C@@H]1C[C@H](O)[C@H]([C@@H](O)[C@H](O)[C@H](O)CO)N1. The van der Waals surface area contributed by atoms with Crippen LogP contribution in [0.2, 0.25) is 0 Å². The summed E-state index contributed by atoms with van der Waals surface area (Å²) < 4.78 is 0. The molecule has 8 nitrogen and oxygen atoms in total. The van der Waals surface area contributed by atoms with E-state index in [4.69, 9.17) is 15.3 Å². The van der Waals surface area contributed by atoms with Crippen LogP contribution in [0.3, 0.4) is 0 Å². The van der Waals surface area contributed by atoms with Gasteiger partial charge < -0.3 is 30.6 Å². The van der Waals surface area contributed by atoms with Crippen molar-refractivity contribution in [2.45, 2.75) is 42.9 Å². The number of carboxylic acids is 1. The Morgan fingerprint density at radius 3 is 2.35 bits per heavy atom. The minimum absolute atomic E-state index is 0.0982. The summed E-state index contributed by atoms with van der Waals surface area (Å²) in [5.41, 5.74) is 0. The molecule has 100 valence electrons. The van der Waals surface area contributed by atoms with Gasteiger partial charge in [0.2, 0.25) is 0 Å². The first-order chi connectivity index (χ1) is 7.88. The van der Waals surface area contributed by atoms with Crippen LogP contribution in [0.25, 0.3) is 0 Å². The minimum Gasteiger partial charge on any atom is -0.480 e. The molecule has 7 N–H and O–H groups in total. The van der Waals surface area contributed by atoms with Gasteiger partial charge in [0.1, 0.15) is 24.4 Å². The number of carboxylic acid groups (broad SMARTS) is 1. The van der Waals surface area contributed by atoms with E-state index < -0.39 is 49.1 Å². The Balaban J connectivity index is 2.64. The maximum Gasteiger partial charge on any atom is 0.320 e. The normalized spacial score (nSPS) is 34.3. The average molecular weight is 251 g/mol. The molecular weight excluding hydrogens is 234 g/mol. The van der Waals surface area contributed by atoms with Crippen LogP contribution in [0, 0.1) is 0 Å². The molecule has 1 aliphatic heterocycles. The Morgan fingerprint density at radius 1 is 1.35 bits per heavy atom. The first-order valence-corrected chi connectivity index (χ1v) is 5.20. The van der Waals surface area contributed by atoms with Gasteiger partial charge in [0.05, 0.1) is 18.8 Å². The summed E-state index contributed by atoms with van der Waals surface area (Å²) in [5, 5.41) is 57.5. The van der Waals surface area contributed by atoms with Crippen molar-refractivity contribution in [1.29, 1.82) is 0 Å². The lowest BCUT2D eigenvalue weighted by Crippen LogP contribution is -2.53. The van der Waals surface area contributed by atoms with Crippen molar-refractivity contribution in [3.05, 3.63) is 0 Å². The second-order valence-electron chi connectivity index (χ2n) is 4.12. The van der Waals surface area contributed by atoms with Gasteiger partial charge in [0.25, 0.3) is 0 Å². The zero-order valence-electron chi connectivity index (χ0n) is 8.97. The van der Waals surface area contributed by atoms with E-state index in [1.165, 1.54) is 0 Å². The van der Waals surface area contributed by atoms with E-state index in [9.17, 15) is 20.1 Å². The number of aliphatic hydroxyl groups is 5. The first-order valence-electron chi connectivity index (χ1n) is 5.20. The highest BCUT2D eigenvalue weighted by Gasteiger charge is 2.43. The van der Waals surface area contributed by atoms with Crippen LogP contribution in [0.4, 0.5) is 0 Å². The molecule has 1 saturated heterocycles. The van der Waals surface area contributed by atoms with Crippen LogP contribution in [-0.2, 0) is 4.79 Å². The molecule has 6 atom stereocenters. The Hall–Kier alpha value is -0.770. The second-order valence-corrected chi connectivity index (χ2v) is 4.12. The van der Waals surface area contributed by atoms with E-state index >= 15 is 0 Å². The lowest BCUT2D eigenvalue weighted by molar-refractivity contribution is -0.139. The zero-order chi connectivity index (χ0) is 13.2. The third-order valence-electron chi connectivity index (χ3n) is 2.88. The minimum atomic E-state index is -1.67. The summed E-state index contributed by atoms with van der Waals surface area (Å²) in [5.74, 6) is -1.17. The third-order valence-corrected chi connectivity index (χ3v) is 2.88. The summed E-state index contributed by atoms with van der Waals surface area (Å²) >= 11 is 0. The fraction of sp³-hybridized carbons (Fsp3) is 0.889. The molecule has 0 amide bonds.